The summed E-state index contributed by atoms with van der Waals surface area (Å²) in [6.07, 6.45) is 1.77. The third kappa shape index (κ3) is 2.69. The average molecular weight is 433 g/mol. The van der Waals surface area contributed by atoms with Gasteiger partial charge in [0.15, 0.2) is 5.60 Å². The summed E-state index contributed by atoms with van der Waals surface area (Å²) in [5, 5.41) is 22.2. The first-order chi connectivity index (χ1) is 15.3. The molecule has 8 heteroatoms. The van der Waals surface area contributed by atoms with E-state index in [-0.39, 0.29) is 24.3 Å². The van der Waals surface area contributed by atoms with Crippen LogP contribution in [0.1, 0.15) is 35.6 Å². The van der Waals surface area contributed by atoms with Gasteiger partial charge in [-0.1, -0.05) is 13.5 Å². The van der Waals surface area contributed by atoms with Gasteiger partial charge in [-0.25, -0.2) is 9.78 Å². The lowest BCUT2D eigenvalue weighted by Crippen LogP contribution is -2.44. The second kappa shape index (κ2) is 6.93. The average Bonchev–Trinajstić information content (AvgIpc) is 3.15. The number of hydrogen-bond donors (Lipinski definition) is 2. The summed E-state index contributed by atoms with van der Waals surface area (Å²) in [6.45, 7) is 6.04. The van der Waals surface area contributed by atoms with Gasteiger partial charge in [-0.3, -0.25) is 4.79 Å². The molecule has 5 rings (SSSR count). The van der Waals surface area contributed by atoms with Gasteiger partial charge in [0.25, 0.3) is 5.56 Å². The number of aromatic nitrogens is 2. The largest absolute Gasteiger partial charge is 0.508 e. The van der Waals surface area contributed by atoms with Crippen molar-refractivity contribution in [2.24, 2.45) is 0 Å². The van der Waals surface area contributed by atoms with E-state index in [2.05, 4.69) is 6.58 Å². The minimum Gasteiger partial charge on any atom is -0.508 e. The van der Waals surface area contributed by atoms with Gasteiger partial charge < -0.3 is 24.4 Å². The highest BCUT2D eigenvalue weighted by Gasteiger charge is 2.45. The zero-order chi connectivity index (χ0) is 22.8. The van der Waals surface area contributed by atoms with Crippen LogP contribution in [0.3, 0.4) is 0 Å². The van der Waals surface area contributed by atoms with Crippen LogP contribution in [0.4, 0.5) is 0 Å². The Labute approximate surface area is 184 Å². The maximum atomic E-state index is 13.3. The molecule has 0 spiro atoms. The lowest BCUT2D eigenvalue weighted by Gasteiger charge is -2.31. The Morgan fingerprint density at radius 2 is 2.12 bits per heavy atom. The first kappa shape index (κ1) is 20.3. The van der Waals surface area contributed by atoms with E-state index in [0.29, 0.717) is 41.1 Å². The molecule has 0 aliphatic carbocycles. The molecule has 2 N–H and O–H groups in total. The monoisotopic (exact) mass is 433 g/mol. The predicted molar refractivity (Wildman–Crippen MR) is 118 cm³/mol. The van der Waals surface area contributed by atoms with Gasteiger partial charge in [-0.2, -0.15) is 0 Å². The van der Waals surface area contributed by atoms with E-state index in [1.54, 1.807) is 35.9 Å². The van der Waals surface area contributed by atoms with Crippen LogP contribution in [0.2, 0.25) is 0 Å². The number of carbonyl (C=O) groups excluding carboxylic acids is 1. The van der Waals surface area contributed by atoms with Crippen LogP contribution < -0.4 is 5.56 Å². The Morgan fingerprint density at radius 1 is 1.34 bits per heavy atom. The van der Waals surface area contributed by atoms with Crippen molar-refractivity contribution in [1.29, 1.82) is 0 Å². The Morgan fingerprint density at radius 3 is 2.84 bits per heavy atom. The highest BCUT2D eigenvalue weighted by Crippen LogP contribution is 2.39. The van der Waals surface area contributed by atoms with E-state index in [0.717, 1.165) is 16.5 Å². The van der Waals surface area contributed by atoms with Crippen LogP contribution >= 0.6 is 0 Å². The van der Waals surface area contributed by atoms with E-state index in [1.165, 1.54) is 0 Å². The molecular weight excluding hydrogens is 410 g/mol. The SMILES string of the molecule is C=CN(C)Cc1c(O)ccc2nc3c(cc12)Cn1c-3cc2c(c1=O)COC(=O)[C@]2(O)CC. The van der Waals surface area contributed by atoms with Crippen LogP contribution in [0.15, 0.2) is 41.8 Å². The molecule has 1 atom stereocenters. The molecule has 2 aliphatic rings. The number of fused-ring (bicyclic) bond motifs is 5. The molecule has 32 heavy (non-hydrogen) atoms. The van der Waals surface area contributed by atoms with Crippen molar-refractivity contribution < 1.29 is 19.7 Å². The van der Waals surface area contributed by atoms with E-state index in [4.69, 9.17) is 9.72 Å². The van der Waals surface area contributed by atoms with Crippen molar-refractivity contribution >= 4 is 16.9 Å². The molecule has 0 fully saturated rings. The predicted octanol–water partition coefficient (Wildman–Crippen LogP) is 2.36. The smallest absolute Gasteiger partial charge is 0.343 e. The molecule has 0 unspecified atom stereocenters. The summed E-state index contributed by atoms with van der Waals surface area (Å²) < 4.78 is 6.71. The summed E-state index contributed by atoms with van der Waals surface area (Å²) in [4.78, 5) is 32.2. The number of phenolic OH excluding ortho intramolecular Hbond substituents is 1. The molecular formula is C24H23N3O5. The van der Waals surface area contributed by atoms with Gasteiger partial charge >= 0.3 is 5.97 Å². The molecule has 0 radical (unpaired) electrons. The number of ether oxygens (including phenoxy) is 1. The fourth-order valence-electron chi connectivity index (χ4n) is 4.58. The van der Waals surface area contributed by atoms with E-state index in [9.17, 15) is 19.8 Å². The Balaban J connectivity index is 1.73. The number of aromatic hydroxyl groups is 1. The molecule has 4 heterocycles. The standard InChI is InChI=1S/C24H23N3O5/c1-4-24(31)17-9-19-21-13(10-27(19)22(29)16(17)12-32-23(24)30)8-14-15(11-26(3)5-2)20(28)7-6-18(14)25-21/h5-9,28,31H,2,4,10-12H2,1,3H3/t24-/m0/s1. The third-order valence-electron chi connectivity index (χ3n) is 6.50. The normalized spacial score (nSPS) is 18.7. The minimum absolute atomic E-state index is 0.0964. The molecule has 164 valence electrons. The molecule has 1 aromatic carbocycles. The number of cyclic esters (lactones) is 1. The van der Waals surface area contributed by atoms with Crippen molar-refractivity contribution in [3.05, 3.63) is 69.7 Å². The molecule has 2 aromatic heterocycles. The number of benzene rings is 1. The van der Waals surface area contributed by atoms with Gasteiger partial charge in [0.1, 0.15) is 12.4 Å². The zero-order valence-electron chi connectivity index (χ0n) is 17.9. The first-order valence-corrected chi connectivity index (χ1v) is 10.4. The Hall–Kier alpha value is -3.65. The van der Waals surface area contributed by atoms with Crippen molar-refractivity contribution in [2.45, 2.75) is 38.6 Å². The van der Waals surface area contributed by atoms with Crippen molar-refractivity contribution in [3.63, 3.8) is 0 Å². The number of esters is 1. The van der Waals surface area contributed by atoms with Crippen LogP contribution in [-0.2, 0) is 34.8 Å². The number of aliphatic hydroxyl groups is 1. The lowest BCUT2D eigenvalue weighted by atomic mass is 9.86. The molecule has 0 bridgehead atoms. The lowest BCUT2D eigenvalue weighted by molar-refractivity contribution is -0.172. The number of nitrogens with zero attached hydrogens (tertiary/aromatic N) is 3. The highest BCUT2D eigenvalue weighted by atomic mass is 16.6. The maximum Gasteiger partial charge on any atom is 0.343 e. The number of hydrogen-bond acceptors (Lipinski definition) is 7. The molecule has 0 amide bonds. The zero-order valence-corrected chi connectivity index (χ0v) is 17.9. The van der Waals surface area contributed by atoms with Gasteiger partial charge in [0, 0.05) is 35.7 Å². The molecule has 2 aliphatic heterocycles. The number of carbonyl (C=O) groups is 1. The number of phenols is 1. The first-order valence-electron chi connectivity index (χ1n) is 10.4. The van der Waals surface area contributed by atoms with Gasteiger partial charge in [-0.05, 0) is 36.9 Å². The number of pyridine rings is 2. The Bertz CT molecular complexity index is 1380. The summed E-state index contributed by atoms with van der Waals surface area (Å²) in [5.41, 5.74) is 1.86. The van der Waals surface area contributed by atoms with Crippen LogP contribution in [0, 0.1) is 0 Å². The molecule has 0 saturated carbocycles. The van der Waals surface area contributed by atoms with Crippen molar-refractivity contribution in [2.75, 3.05) is 7.05 Å². The van der Waals surface area contributed by atoms with Gasteiger partial charge in [0.05, 0.1) is 29.0 Å². The van der Waals surface area contributed by atoms with E-state index >= 15 is 0 Å². The quantitative estimate of drug-likeness (QED) is 0.476. The molecule has 3 aromatic rings. The van der Waals surface area contributed by atoms with Crippen LogP contribution in [0.25, 0.3) is 22.3 Å². The highest BCUT2D eigenvalue weighted by molar-refractivity contribution is 5.89. The Kier molecular flexibility index (Phi) is 4.39. The fraction of sp³-hybridized carbons (Fsp3) is 0.292. The van der Waals surface area contributed by atoms with Crippen LogP contribution in [-0.4, -0.2) is 37.7 Å². The minimum atomic E-state index is -1.85. The second-order valence-electron chi connectivity index (χ2n) is 8.33. The summed E-state index contributed by atoms with van der Waals surface area (Å²) in [7, 11) is 1.87. The van der Waals surface area contributed by atoms with Crippen molar-refractivity contribution in [3.8, 4) is 17.1 Å². The summed E-state index contributed by atoms with van der Waals surface area (Å²) >= 11 is 0. The second-order valence-corrected chi connectivity index (χ2v) is 8.33. The molecule has 0 saturated heterocycles. The number of rotatable bonds is 4. The topological polar surface area (TPSA) is 105 Å². The third-order valence-corrected chi connectivity index (χ3v) is 6.50. The van der Waals surface area contributed by atoms with E-state index < -0.39 is 11.6 Å². The molecule has 8 nitrogen and oxygen atoms in total. The maximum absolute atomic E-state index is 13.3. The van der Waals surface area contributed by atoms with Crippen LogP contribution in [0.5, 0.6) is 5.75 Å². The summed E-state index contributed by atoms with van der Waals surface area (Å²) in [6, 6.07) is 6.98. The van der Waals surface area contributed by atoms with Crippen molar-refractivity contribution in [1.82, 2.24) is 14.5 Å². The summed E-state index contributed by atoms with van der Waals surface area (Å²) in [5.74, 6) is -0.576. The van der Waals surface area contributed by atoms with E-state index in [1.807, 2.05) is 18.0 Å². The van der Waals surface area contributed by atoms with Gasteiger partial charge in [-0.15, -0.1) is 0 Å². The van der Waals surface area contributed by atoms with Gasteiger partial charge in [0.2, 0.25) is 0 Å². The fourth-order valence-corrected chi connectivity index (χ4v) is 4.58.